The molecular weight excluding hydrogens is 256 g/mol. The van der Waals surface area contributed by atoms with Gasteiger partial charge in [0.25, 0.3) is 0 Å². The van der Waals surface area contributed by atoms with E-state index in [9.17, 15) is 9.59 Å². The van der Waals surface area contributed by atoms with Crippen LogP contribution in [0.4, 0.5) is 4.79 Å². The molecule has 0 radical (unpaired) electrons. The van der Waals surface area contributed by atoms with Crippen LogP contribution in [0.3, 0.4) is 0 Å². The number of allylic oxidation sites excluding steroid dienone is 1. The van der Waals surface area contributed by atoms with E-state index >= 15 is 0 Å². The van der Waals surface area contributed by atoms with Gasteiger partial charge in [-0.1, -0.05) is 32.4 Å². The maximum absolute atomic E-state index is 11.7. The molecule has 5 nitrogen and oxygen atoms in total. The number of hydrogen-bond acceptors (Lipinski definition) is 2. The third-order valence-electron chi connectivity index (χ3n) is 3.51. The molecule has 114 valence electrons. The molecule has 1 aliphatic rings. The Kier molecular flexibility index (Phi) is 6.05. The number of rotatable bonds is 5. The van der Waals surface area contributed by atoms with Crippen LogP contribution in [0.25, 0.3) is 0 Å². The summed E-state index contributed by atoms with van der Waals surface area (Å²) in [5.74, 6) is -1.01. The van der Waals surface area contributed by atoms with Gasteiger partial charge in [0, 0.05) is 6.54 Å². The summed E-state index contributed by atoms with van der Waals surface area (Å²) in [6.07, 6.45) is 7.82. The normalized spacial score (nSPS) is 17.1. The SMILES string of the molecule is CC(C)(C)C(NC(=O)NCCC1=CCCCC1)C(=O)O. The molecule has 0 saturated carbocycles. The van der Waals surface area contributed by atoms with Crippen molar-refractivity contribution in [1.82, 2.24) is 10.6 Å². The minimum absolute atomic E-state index is 0.413. The Morgan fingerprint density at radius 2 is 2.05 bits per heavy atom. The van der Waals surface area contributed by atoms with Crippen LogP contribution < -0.4 is 10.6 Å². The van der Waals surface area contributed by atoms with Crippen molar-refractivity contribution in [3.63, 3.8) is 0 Å². The number of carbonyl (C=O) groups is 2. The topological polar surface area (TPSA) is 78.4 Å². The lowest BCUT2D eigenvalue weighted by Gasteiger charge is -2.27. The van der Waals surface area contributed by atoms with Crippen molar-refractivity contribution in [3.8, 4) is 0 Å². The Balaban J connectivity index is 2.35. The Bertz CT molecular complexity index is 383. The molecule has 0 aromatic rings. The number of nitrogens with one attached hydrogen (secondary N) is 2. The van der Waals surface area contributed by atoms with E-state index in [0.717, 1.165) is 19.3 Å². The fourth-order valence-electron chi connectivity index (χ4n) is 2.30. The molecule has 0 fully saturated rings. The molecule has 1 unspecified atom stereocenters. The fraction of sp³-hybridized carbons (Fsp3) is 0.733. The third-order valence-corrected chi connectivity index (χ3v) is 3.51. The predicted molar refractivity (Wildman–Crippen MR) is 78.6 cm³/mol. The molecule has 0 aromatic heterocycles. The van der Waals surface area contributed by atoms with Gasteiger partial charge in [-0.15, -0.1) is 0 Å². The fourth-order valence-corrected chi connectivity index (χ4v) is 2.30. The van der Waals surface area contributed by atoms with Gasteiger partial charge >= 0.3 is 12.0 Å². The molecule has 0 heterocycles. The predicted octanol–water partition coefficient (Wildman–Crippen LogP) is 2.68. The van der Waals surface area contributed by atoms with E-state index in [-0.39, 0.29) is 0 Å². The van der Waals surface area contributed by atoms with Gasteiger partial charge in [0.2, 0.25) is 0 Å². The molecule has 1 atom stereocenters. The molecule has 1 aliphatic carbocycles. The molecule has 3 N–H and O–H groups in total. The summed E-state index contributed by atoms with van der Waals surface area (Å²) < 4.78 is 0. The minimum atomic E-state index is -1.01. The maximum atomic E-state index is 11.7. The third kappa shape index (κ3) is 5.63. The Morgan fingerprint density at radius 1 is 1.35 bits per heavy atom. The van der Waals surface area contributed by atoms with Crippen molar-refractivity contribution in [2.75, 3.05) is 6.54 Å². The van der Waals surface area contributed by atoms with E-state index in [4.69, 9.17) is 5.11 Å². The van der Waals surface area contributed by atoms with Gasteiger partial charge in [0.05, 0.1) is 0 Å². The number of carbonyl (C=O) groups excluding carboxylic acids is 1. The van der Waals surface area contributed by atoms with Crippen molar-refractivity contribution in [1.29, 1.82) is 0 Å². The molecule has 2 amide bonds. The van der Waals surface area contributed by atoms with Gasteiger partial charge in [0.1, 0.15) is 6.04 Å². The van der Waals surface area contributed by atoms with E-state index in [1.54, 1.807) is 20.8 Å². The van der Waals surface area contributed by atoms with Crippen LogP contribution in [-0.4, -0.2) is 29.7 Å². The van der Waals surface area contributed by atoms with Crippen molar-refractivity contribution >= 4 is 12.0 Å². The van der Waals surface area contributed by atoms with Crippen molar-refractivity contribution < 1.29 is 14.7 Å². The van der Waals surface area contributed by atoms with Crippen LogP contribution in [0.15, 0.2) is 11.6 Å². The van der Waals surface area contributed by atoms with Crippen LogP contribution in [0.1, 0.15) is 52.9 Å². The largest absolute Gasteiger partial charge is 0.480 e. The molecule has 0 saturated heterocycles. The average Bonchev–Trinajstić information content (AvgIpc) is 2.35. The summed E-state index contributed by atoms with van der Waals surface area (Å²) in [4.78, 5) is 22.9. The van der Waals surface area contributed by atoms with E-state index in [1.165, 1.54) is 18.4 Å². The lowest BCUT2D eigenvalue weighted by atomic mass is 9.87. The number of urea groups is 1. The van der Waals surface area contributed by atoms with E-state index in [0.29, 0.717) is 6.54 Å². The summed E-state index contributed by atoms with van der Waals surface area (Å²) in [6.45, 7) is 5.92. The molecule has 20 heavy (non-hydrogen) atoms. The maximum Gasteiger partial charge on any atom is 0.326 e. The van der Waals surface area contributed by atoms with Gasteiger partial charge in [-0.25, -0.2) is 9.59 Å². The molecule has 0 aliphatic heterocycles. The molecule has 1 rings (SSSR count). The second-order valence-electron chi connectivity index (χ2n) is 6.40. The summed E-state index contributed by atoms with van der Waals surface area (Å²) in [7, 11) is 0. The first-order chi connectivity index (χ1) is 9.30. The quantitative estimate of drug-likeness (QED) is 0.678. The molecule has 5 heteroatoms. The highest BCUT2D eigenvalue weighted by Gasteiger charge is 2.32. The van der Waals surface area contributed by atoms with E-state index in [1.807, 2.05) is 0 Å². The zero-order chi connectivity index (χ0) is 15.2. The zero-order valence-corrected chi connectivity index (χ0v) is 12.7. The summed E-state index contributed by atoms with van der Waals surface area (Å²) in [5.41, 5.74) is 0.872. The molecule has 0 aromatic carbocycles. The standard InChI is InChI=1S/C15H26N2O3/c1-15(2,3)12(13(18)19)17-14(20)16-10-9-11-7-5-4-6-8-11/h7,12H,4-6,8-10H2,1-3H3,(H,18,19)(H2,16,17,20). The lowest BCUT2D eigenvalue weighted by molar-refractivity contribution is -0.141. The van der Waals surface area contributed by atoms with Gasteiger partial charge in [-0.2, -0.15) is 0 Å². The van der Waals surface area contributed by atoms with Crippen LogP contribution in [-0.2, 0) is 4.79 Å². The number of aliphatic carboxylic acids is 1. The minimum Gasteiger partial charge on any atom is -0.480 e. The highest BCUT2D eigenvalue weighted by molar-refractivity contribution is 5.83. The Labute approximate surface area is 120 Å². The number of amides is 2. The van der Waals surface area contributed by atoms with Crippen molar-refractivity contribution in [2.24, 2.45) is 5.41 Å². The monoisotopic (exact) mass is 282 g/mol. The van der Waals surface area contributed by atoms with Crippen LogP contribution >= 0.6 is 0 Å². The number of hydrogen-bond donors (Lipinski definition) is 3. The highest BCUT2D eigenvalue weighted by atomic mass is 16.4. The Morgan fingerprint density at radius 3 is 2.55 bits per heavy atom. The van der Waals surface area contributed by atoms with Crippen molar-refractivity contribution in [3.05, 3.63) is 11.6 Å². The van der Waals surface area contributed by atoms with E-state index in [2.05, 4.69) is 16.7 Å². The second-order valence-corrected chi connectivity index (χ2v) is 6.40. The smallest absolute Gasteiger partial charge is 0.326 e. The van der Waals surface area contributed by atoms with Crippen LogP contribution in [0, 0.1) is 5.41 Å². The molecule has 0 bridgehead atoms. The lowest BCUT2D eigenvalue weighted by Crippen LogP contribution is -2.52. The molecule has 0 spiro atoms. The van der Waals surface area contributed by atoms with E-state index < -0.39 is 23.5 Å². The molecular formula is C15H26N2O3. The first kappa shape index (κ1) is 16.5. The van der Waals surface area contributed by atoms with Crippen LogP contribution in [0.2, 0.25) is 0 Å². The highest BCUT2D eigenvalue weighted by Crippen LogP contribution is 2.20. The first-order valence-electron chi connectivity index (χ1n) is 7.26. The summed E-state index contributed by atoms with van der Waals surface area (Å²) in [6, 6.07) is -1.31. The van der Waals surface area contributed by atoms with Crippen molar-refractivity contribution in [2.45, 2.75) is 58.9 Å². The van der Waals surface area contributed by atoms with Gasteiger partial charge in [0.15, 0.2) is 0 Å². The van der Waals surface area contributed by atoms with Crippen LogP contribution in [0.5, 0.6) is 0 Å². The second kappa shape index (κ2) is 7.31. The Hall–Kier alpha value is -1.52. The zero-order valence-electron chi connectivity index (χ0n) is 12.7. The van der Waals surface area contributed by atoms with Gasteiger partial charge in [-0.3, -0.25) is 0 Å². The summed E-state index contributed by atoms with van der Waals surface area (Å²) >= 11 is 0. The summed E-state index contributed by atoms with van der Waals surface area (Å²) in [5, 5.41) is 14.4. The van der Waals surface area contributed by atoms with Gasteiger partial charge < -0.3 is 15.7 Å². The number of carboxylic acid groups (broad SMARTS) is 1. The van der Waals surface area contributed by atoms with Gasteiger partial charge in [-0.05, 0) is 37.5 Å². The first-order valence-corrected chi connectivity index (χ1v) is 7.26. The average molecular weight is 282 g/mol. The number of carboxylic acids is 1.